The van der Waals surface area contributed by atoms with Gasteiger partial charge in [0.15, 0.2) is 9.84 Å². The van der Waals surface area contributed by atoms with Crippen LogP contribution >= 0.6 is 11.8 Å². The number of hydrogen-bond donors (Lipinski definition) is 1. The summed E-state index contributed by atoms with van der Waals surface area (Å²) >= 11 is 1.55. The van der Waals surface area contributed by atoms with Crippen molar-refractivity contribution in [1.29, 1.82) is 0 Å². The van der Waals surface area contributed by atoms with E-state index in [9.17, 15) is 13.2 Å². The average Bonchev–Trinajstić information content (AvgIpc) is 3.15. The molecule has 2 aromatic heterocycles. The van der Waals surface area contributed by atoms with Crippen molar-refractivity contribution >= 4 is 33.3 Å². The van der Waals surface area contributed by atoms with Crippen LogP contribution in [-0.2, 0) is 21.7 Å². The summed E-state index contributed by atoms with van der Waals surface area (Å²) in [7, 11) is -1.18. The van der Waals surface area contributed by atoms with E-state index >= 15 is 0 Å². The van der Waals surface area contributed by atoms with Crippen molar-refractivity contribution < 1.29 is 13.2 Å². The van der Waals surface area contributed by atoms with E-state index < -0.39 is 9.84 Å². The molecular formula is C16H21N5O3S2. The first kappa shape index (κ1) is 17.6. The van der Waals surface area contributed by atoms with Gasteiger partial charge in [-0.3, -0.25) is 14.2 Å². The van der Waals surface area contributed by atoms with Gasteiger partial charge in [0.2, 0.25) is 5.91 Å². The second-order valence-corrected chi connectivity index (χ2v) is 10.2. The Kier molecular flexibility index (Phi) is 4.14. The van der Waals surface area contributed by atoms with E-state index in [4.69, 9.17) is 0 Å². The van der Waals surface area contributed by atoms with Gasteiger partial charge in [-0.1, -0.05) is 0 Å². The largest absolute Gasteiger partial charge is 0.310 e. The molecule has 2 aromatic rings. The van der Waals surface area contributed by atoms with Crippen LogP contribution in [0.5, 0.6) is 0 Å². The van der Waals surface area contributed by atoms with Crippen molar-refractivity contribution in [3.8, 4) is 0 Å². The fourth-order valence-electron chi connectivity index (χ4n) is 3.83. The summed E-state index contributed by atoms with van der Waals surface area (Å²) in [5.74, 6) is 1.37. The van der Waals surface area contributed by atoms with Gasteiger partial charge >= 0.3 is 0 Å². The number of anilines is 1. The monoisotopic (exact) mass is 395 g/mol. The lowest BCUT2D eigenvalue weighted by molar-refractivity contribution is -0.113. The number of nitrogens with zero attached hydrogens (tertiary/aromatic N) is 4. The number of nitrogens with one attached hydrogen (secondary N) is 1. The van der Waals surface area contributed by atoms with Crippen molar-refractivity contribution in [2.24, 2.45) is 7.05 Å². The zero-order valence-corrected chi connectivity index (χ0v) is 16.5. The highest BCUT2D eigenvalue weighted by atomic mass is 32.2. The van der Waals surface area contributed by atoms with Crippen LogP contribution < -0.4 is 5.32 Å². The van der Waals surface area contributed by atoms with Crippen molar-refractivity contribution in [3.63, 3.8) is 0 Å². The molecule has 0 bridgehead atoms. The Morgan fingerprint density at radius 2 is 2.12 bits per heavy atom. The summed E-state index contributed by atoms with van der Waals surface area (Å²) in [5, 5.41) is 11.8. The van der Waals surface area contributed by atoms with Gasteiger partial charge in [-0.15, -0.1) is 11.8 Å². The van der Waals surface area contributed by atoms with Gasteiger partial charge in [-0.25, -0.2) is 8.42 Å². The maximum atomic E-state index is 12.1. The fraction of sp³-hybridized carbons (Fsp3) is 0.562. The molecule has 4 heterocycles. The maximum Gasteiger partial charge on any atom is 0.235 e. The minimum absolute atomic E-state index is 0.0491. The van der Waals surface area contributed by atoms with Crippen LogP contribution in [0.2, 0.25) is 0 Å². The molecular weight excluding hydrogens is 374 g/mol. The van der Waals surface area contributed by atoms with E-state index in [1.807, 2.05) is 18.5 Å². The molecule has 140 valence electrons. The molecule has 8 nitrogen and oxygen atoms in total. The number of amides is 1. The topological polar surface area (TPSA) is 98.9 Å². The van der Waals surface area contributed by atoms with Gasteiger partial charge in [0.05, 0.1) is 40.4 Å². The number of carbonyl (C=O) groups excluding carboxylic acids is 1. The summed E-state index contributed by atoms with van der Waals surface area (Å²) in [6.45, 7) is 3.93. The van der Waals surface area contributed by atoms with Gasteiger partial charge in [0.25, 0.3) is 0 Å². The van der Waals surface area contributed by atoms with Crippen LogP contribution in [0.15, 0.2) is 6.20 Å². The third-order valence-electron chi connectivity index (χ3n) is 5.09. The molecule has 0 saturated carbocycles. The Hall–Kier alpha value is -1.81. The summed E-state index contributed by atoms with van der Waals surface area (Å²) in [6, 6.07) is -0.114. The molecule has 0 aliphatic carbocycles. The van der Waals surface area contributed by atoms with Gasteiger partial charge in [-0.2, -0.15) is 10.2 Å². The molecule has 26 heavy (non-hydrogen) atoms. The molecule has 0 aromatic carbocycles. The van der Waals surface area contributed by atoms with E-state index in [1.54, 1.807) is 29.7 Å². The minimum Gasteiger partial charge on any atom is -0.310 e. The average molecular weight is 396 g/mol. The first-order valence-corrected chi connectivity index (χ1v) is 11.3. The van der Waals surface area contributed by atoms with Crippen LogP contribution in [0.3, 0.4) is 0 Å². The van der Waals surface area contributed by atoms with E-state index in [0.29, 0.717) is 18.0 Å². The van der Waals surface area contributed by atoms with Gasteiger partial charge < -0.3 is 5.32 Å². The number of carbonyl (C=O) groups is 1. The molecule has 4 rings (SSSR count). The number of aromatic nitrogens is 4. The molecule has 1 N–H and O–H groups in total. The van der Waals surface area contributed by atoms with Gasteiger partial charge in [-0.05, 0) is 20.3 Å². The Labute approximate surface area is 156 Å². The summed E-state index contributed by atoms with van der Waals surface area (Å²) in [4.78, 5) is 12.1. The molecule has 1 fully saturated rings. The summed E-state index contributed by atoms with van der Waals surface area (Å²) in [5.41, 5.74) is 3.83. The first-order valence-electron chi connectivity index (χ1n) is 8.46. The number of hydrogen-bond acceptors (Lipinski definition) is 6. The third kappa shape index (κ3) is 2.84. The molecule has 1 saturated heterocycles. The SMILES string of the molecule is Cc1nn(C2CCS(=O)(=O)C2)c(C)c1C1SCC(=O)Nc2c1cnn2C. The molecule has 2 aliphatic rings. The van der Waals surface area contributed by atoms with Crippen LogP contribution in [-0.4, -0.2) is 51.1 Å². The molecule has 0 radical (unpaired) electrons. The van der Waals surface area contributed by atoms with Gasteiger partial charge in [0, 0.05) is 23.9 Å². The Morgan fingerprint density at radius 1 is 1.35 bits per heavy atom. The van der Waals surface area contributed by atoms with Crippen molar-refractivity contribution in [2.45, 2.75) is 31.6 Å². The van der Waals surface area contributed by atoms with E-state index in [1.165, 1.54) is 0 Å². The molecule has 1 amide bonds. The molecule has 10 heteroatoms. The second-order valence-electron chi connectivity index (χ2n) is 6.90. The lowest BCUT2D eigenvalue weighted by Crippen LogP contribution is -2.15. The zero-order valence-electron chi connectivity index (χ0n) is 14.9. The number of rotatable bonds is 2. The lowest BCUT2D eigenvalue weighted by atomic mass is 10.0. The lowest BCUT2D eigenvalue weighted by Gasteiger charge is -2.16. The Morgan fingerprint density at radius 3 is 2.81 bits per heavy atom. The van der Waals surface area contributed by atoms with E-state index in [0.717, 1.165) is 22.5 Å². The van der Waals surface area contributed by atoms with Gasteiger partial charge in [0.1, 0.15) is 5.82 Å². The highest BCUT2D eigenvalue weighted by molar-refractivity contribution is 8.00. The quantitative estimate of drug-likeness (QED) is 0.825. The first-order chi connectivity index (χ1) is 12.3. The minimum atomic E-state index is -2.98. The van der Waals surface area contributed by atoms with Crippen LogP contribution in [0.25, 0.3) is 0 Å². The smallest absolute Gasteiger partial charge is 0.235 e. The maximum absolute atomic E-state index is 12.1. The van der Waals surface area contributed by atoms with Crippen molar-refractivity contribution in [2.75, 3.05) is 22.6 Å². The standard InChI is InChI=1S/C16H21N5O3S2/c1-9-14(10(2)21(19-9)11-4-5-26(23,24)8-11)15-12-6-17-20(3)16(12)18-13(22)7-25-15/h6,11,15H,4-5,7-8H2,1-3H3,(H,18,22). The Balaban J connectivity index is 1.78. The molecule has 2 atom stereocenters. The highest BCUT2D eigenvalue weighted by Gasteiger charge is 2.35. The van der Waals surface area contributed by atoms with Crippen LogP contribution in [0.4, 0.5) is 5.82 Å². The van der Waals surface area contributed by atoms with Crippen molar-refractivity contribution in [3.05, 3.63) is 28.7 Å². The van der Waals surface area contributed by atoms with Crippen molar-refractivity contribution in [1.82, 2.24) is 19.6 Å². The zero-order chi connectivity index (χ0) is 18.6. The molecule has 0 spiro atoms. The summed E-state index contributed by atoms with van der Waals surface area (Å²) in [6.07, 6.45) is 2.38. The number of fused-ring (bicyclic) bond motifs is 1. The molecule has 2 aliphatic heterocycles. The Bertz CT molecular complexity index is 992. The number of thioether (sulfide) groups is 1. The second kappa shape index (κ2) is 6.12. The highest BCUT2D eigenvalue weighted by Crippen LogP contribution is 2.44. The molecule has 2 unspecified atom stereocenters. The predicted octanol–water partition coefficient (Wildman–Crippen LogP) is 1.37. The predicted molar refractivity (Wildman–Crippen MR) is 100 cm³/mol. The summed E-state index contributed by atoms with van der Waals surface area (Å²) < 4.78 is 27.3. The number of aryl methyl sites for hydroxylation is 2. The van der Waals surface area contributed by atoms with E-state index in [2.05, 4.69) is 15.5 Å². The fourth-order valence-corrected chi connectivity index (χ4v) is 6.78. The van der Waals surface area contributed by atoms with E-state index in [-0.39, 0.29) is 28.7 Å². The third-order valence-corrected chi connectivity index (χ3v) is 8.09. The van der Waals surface area contributed by atoms with Crippen LogP contribution in [0.1, 0.15) is 40.2 Å². The van der Waals surface area contributed by atoms with Crippen LogP contribution in [0, 0.1) is 13.8 Å². The number of sulfone groups is 1. The normalized spacial score (nSPS) is 25.0.